The van der Waals surface area contributed by atoms with Gasteiger partial charge in [-0.25, -0.2) is 12.8 Å². The van der Waals surface area contributed by atoms with E-state index in [1.54, 1.807) is 6.07 Å². The van der Waals surface area contributed by atoms with Gasteiger partial charge in [-0.1, -0.05) is 6.92 Å². The SMILES string of the molecule is CCCOc1cc(NC2CCS(=O)(=O)CC2)c(N)cc1F. The highest BCUT2D eigenvalue weighted by molar-refractivity contribution is 7.91. The van der Waals surface area contributed by atoms with E-state index in [0.29, 0.717) is 30.8 Å². The molecule has 118 valence electrons. The van der Waals surface area contributed by atoms with Crippen LogP contribution < -0.4 is 15.8 Å². The number of sulfone groups is 1. The Morgan fingerprint density at radius 1 is 1.38 bits per heavy atom. The van der Waals surface area contributed by atoms with Crippen LogP contribution >= 0.6 is 0 Å². The first-order valence-corrected chi connectivity index (χ1v) is 8.92. The minimum atomic E-state index is -2.90. The molecule has 1 aliphatic heterocycles. The zero-order valence-electron chi connectivity index (χ0n) is 12.1. The molecular formula is C14H21FN2O3S. The molecule has 0 saturated carbocycles. The van der Waals surface area contributed by atoms with Gasteiger partial charge in [-0.2, -0.15) is 0 Å². The van der Waals surface area contributed by atoms with Crippen molar-refractivity contribution in [3.63, 3.8) is 0 Å². The van der Waals surface area contributed by atoms with Gasteiger partial charge in [-0.3, -0.25) is 0 Å². The summed E-state index contributed by atoms with van der Waals surface area (Å²) < 4.78 is 41.9. The molecular weight excluding hydrogens is 295 g/mol. The second-order valence-electron chi connectivity index (χ2n) is 5.29. The largest absolute Gasteiger partial charge is 0.490 e. The first-order valence-electron chi connectivity index (χ1n) is 7.10. The molecule has 1 aliphatic rings. The Morgan fingerprint density at radius 3 is 2.67 bits per heavy atom. The molecule has 5 nitrogen and oxygen atoms in total. The highest BCUT2D eigenvalue weighted by Crippen LogP contribution is 2.30. The van der Waals surface area contributed by atoms with E-state index in [0.717, 1.165) is 6.42 Å². The van der Waals surface area contributed by atoms with E-state index >= 15 is 0 Å². The summed E-state index contributed by atoms with van der Waals surface area (Å²) in [5, 5.41) is 3.19. The highest BCUT2D eigenvalue weighted by atomic mass is 32.2. The van der Waals surface area contributed by atoms with Crippen LogP contribution in [0.3, 0.4) is 0 Å². The molecule has 1 aromatic carbocycles. The molecule has 1 heterocycles. The zero-order chi connectivity index (χ0) is 15.5. The lowest BCUT2D eigenvalue weighted by molar-refractivity contribution is 0.301. The van der Waals surface area contributed by atoms with Crippen LogP contribution in [-0.2, 0) is 9.84 Å². The average Bonchev–Trinajstić information content (AvgIpc) is 2.42. The third-order valence-electron chi connectivity index (χ3n) is 3.48. The maximum atomic E-state index is 13.7. The van der Waals surface area contributed by atoms with Gasteiger partial charge in [-0.15, -0.1) is 0 Å². The van der Waals surface area contributed by atoms with Crippen molar-refractivity contribution >= 4 is 21.2 Å². The van der Waals surface area contributed by atoms with E-state index in [1.807, 2.05) is 6.92 Å². The lowest BCUT2D eigenvalue weighted by atomic mass is 10.1. The van der Waals surface area contributed by atoms with Crippen LogP contribution in [0.25, 0.3) is 0 Å². The molecule has 1 aromatic rings. The van der Waals surface area contributed by atoms with Gasteiger partial charge in [0.05, 0.1) is 29.5 Å². The molecule has 0 aromatic heterocycles. The third-order valence-corrected chi connectivity index (χ3v) is 5.20. The van der Waals surface area contributed by atoms with Crippen LogP contribution in [0.1, 0.15) is 26.2 Å². The molecule has 1 saturated heterocycles. The van der Waals surface area contributed by atoms with Crippen molar-refractivity contribution < 1.29 is 17.5 Å². The molecule has 0 aliphatic carbocycles. The van der Waals surface area contributed by atoms with Crippen molar-refractivity contribution in [2.45, 2.75) is 32.2 Å². The van der Waals surface area contributed by atoms with Gasteiger partial charge < -0.3 is 15.8 Å². The van der Waals surface area contributed by atoms with Gasteiger partial charge in [0.15, 0.2) is 11.6 Å². The second-order valence-corrected chi connectivity index (χ2v) is 7.59. The number of hydrogen-bond acceptors (Lipinski definition) is 5. The lowest BCUT2D eigenvalue weighted by Gasteiger charge is -2.25. The summed E-state index contributed by atoms with van der Waals surface area (Å²) in [5.41, 5.74) is 6.70. The Morgan fingerprint density at radius 2 is 2.05 bits per heavy atom. The van der Waals surface area contributed by atoms with Gasteiger partial charge in [0, 0.05) is 18.2 Å². The molecule has 0 unspecified atom stereocenters. The fourth-order valence-electron chi connectivity index (χ4n) is 2.27. The van der Waals surface area contributed by atoms with Gasteiger partial charge in [0.2, 0.25) is 0 Å². The maximum absolute atomic E-state index is 13.7. The van der Waals surface area contributed by atoms with E-state index in [1.165, 1.54) is 6.07 Å². The van der Waals surface area contributed by atoms with Gasteiger partial charge in [0.25, 0.3) is 0 Å². The molecule has 7 heteroatoms. The average molecular weight is 316 g/mol. The fourth-order valence-corrected chi connectivity index (χ4v) is 3.76. The summed E-state index contributed by atoms with van der Waals surface area (Å²) >= 11 is 0. The van der Waals surface area contributed by atoms with E-state index in [9.17, 15) is 12.8 Å². The quantitative estimate of drug-likeness (QED) is 0.814. The van der Waals surface area contributed by atoms with E-state index in [2.05, 4.69) is 5.32 Å². The number of nitrogen functional groups attached to an aromatic ring is 1. The minimum Gasteiger partial charge on any atom is -0.490 e. The number of ether oxygens (including phenoxy) is 1. The number of rotatable bonds is 5. The smallest absolute Gasteiger partial charge is 0.167 e. The van der Waals surface area contributed by atoms with Crippen molar-refractivity contribution in [1.29, 1.82) is 0 Å². The standard InChI is InChI=1S/C14H21FN2O3S/c1-2-5-20-14-9-13(12(16)8-11(14)15)17-10-3-6-21(18,19)7-4-10/h8-10,17H,2-7,16H2,1H3. The van der Waals surface area contributed by atoms with Crippen LogP contribution in [0.5, 0.6) is 5.75 Å². The summed E-state index contributed by atoms with van der Waals surface area (Å²) in [6.07, 6.45) is 1.85. The summed E-state index contributed by atoms with van der Waals surface area (Å²) in [5.74, 6) is 0.0188. The van der Waals surface area contributed by atoms with E-state index in [4.69, 9.17) is 10.5 Å². The summed E-state index contributed by atoms with van der Waals surface area (Å²) in [4.78, 5) is 0. The number of halogens is 1. The highest BCUT2D eigenvalue weighted by Gasteiger charge is 2.24. The summed E-state index contributed by atoms with van der Waals surface area (Å²) in [7, 11) is -2.90. The van der Waals surface area contributed by atoms with Crippen LogP contribution in [0, 0.1) is 5.82 Å². The maximum Gasteiger partial charge on any atom is 0.167 e. The van der Waals surface area contributed by atoms with Crippen molar-refractivity contribution in [3.05, 3.63) is 17.9 Å². The lowest BCUT2D eigenvalue weighted by Crippen LogP contribution is -2.32. The van der Waals surface area contributed by atoms with Crippen molar-refractivity contribution in [2.75, 3.05) is 29.2 Å². The molecule has 21 heavy (non-hydrogen) atoms. The monoisotopic (exact) mass is 316 g/mol. The predicted molar refractivity (Wildman–Crippen MR) is 81.9 cm³/mol. The van der Waals surface area contributed by atoms with E-state index < -0.39 is 15.7 Å². The number of nitrogens with one attached hydrogen (secondary N) is 1. The molecule has 0 radical (unpaired) electrons. The molecule has 3 N–H and O–H groups in total. The van der Waals surface area contributed by atoms with Crippen LogP contribution in [0.2, 0.25) is 0 Å². The van der Waals surface area contributed by atoms with Crippen LogP contribution in [-0.4, -0.2) is 32.6 Å². The third kappa shape index (κ3) is 4.23. The first-order chi connectivity index (χ1) is 9.91. The second kappa shape index (κ2) is 6.51. The molecule has 0 amide bonds. The Kier molecular flexibility index (Phi) is 4.92. The summed E-state index contributed by atoms with van der Waals surface area (Å²) in [6.45, 7) is 2.37. The van der Waals surface area contributed by atoms with Crippen molar-refractivity contribution in [3.8, 4) is 5.75 Å². The Balaban J connectivity index is 2.09. The Bertz CT molecular complexity index is 590. The van der Waals surface area contributed by atoms with Gasteiger partial charge in [0.1, 0.15) is 9.84 Å². The molecule has 2 rings (SSSR count). The first kappa shape index (κ1) is 15.9. The van der Waals surface area contributed by atoms with Crippen LogP contribution in [0.4, 0.5) is 15.8 Å². The van der Waals surface area contributed by atoms with Gasteiger partial charge >= 0.3 is 0 Å². The zero-order valence-corrected chi connectivity index (χ0v) is 12.9. The van der Waals surface area contributed by atoms with E-state index in [-0.39, 0.29) is 23.3 Å². The molecule has 1 fully saturated rings. The predicted octanol–water partition coefficient (Wildman–Crippen LogP) is 2.19. The van der Waals surface area contributed by atoms with Crippen molar-refractivity contribution in [2.24, 2.45) is 0 Å². The molecule has 0 atom stereocenters. The fraction of sp³-hybridized carbons (Fsp3) is 0.571. The minimum absolute atomic E-state index is 0.0281. The number of nitrogens with two attached hydrogens (primary N) is 1. The number of anilines is 2. The topological polar surface area (TPSA) is 81.4 Å². The molecule has 0 spiro atoms. The Labute approximate surface area is 124 Å². The van der Waals surface area contributed by atoms with Gasteiger partial charge in [-0.05, 0) is 19.3 Å². The number of hydrogen-bond donors (Lipinski definition) is 2. The summed E-state index contributed by atoms with van der Waals surface area (Å²) in [6, 6.07) is 2.80. The molecule has 0 bridgehead atoms. The van der Waals surface area contributed by atoms with Crippen molar-refractivity contribution in [1.82, 2.24) is 0 Å². The number of benzene rings is 1. The van der Waals surface area contributed by atoms with Crippen LogP contribution in [0.15, 0.2) is 12.1 Å². The normalized spacial score (nSPS) is 18.4. The Hall–Kier alpha value is -1.50.